The van der Waals surface area contributed by atoms with Crippen LogP contribution in [0.15, 0.2) is 12.3 Å². The third-order valence-electron chi connectivity index (χ3n) is 2.50. The molecule has 1 aromatic rings. The van der Waals surface area contributed by atoms with Gasteiger partial charge in [-0.25, -0.2) is 0 Å². The van der Waals surface area contributed by atoms with E-state index in [1.807, 2.05) is 37.8 Å². The summed E-state index contributed by atoms with van der Waals surface area (Å²) in [4.78, 5) is 0. The van der Waals surface area contributed by atoms with Crippen LogP contribution in [0.5, 0.6) is 0 Å². The van der Waals surface area contributed by atoms with E-state index in [4.69, 9.17) is 9.47 Å². The van der Waals surface area contributed by atoms with E-state index in [1.165, 1.54) is 5.69 Å². The summed E-state index contributed by atoms with van der Waals surface area (Å²) in [6, 6.07) is 2.03. The lowest BCUT2D eigenvalue weighted by molar-refractivity contribution is -0.132. The average Bonchev–Trinajstić information content (AvgIpc) is 2.71. The van der Waals surface area contributed by atoms with E-state index in [0.29, 0.717) is 13.2 Å². The fourth-order valence-corrected chi connectivity index (χ4v) is 1.62. The van der Waals surface area contributed by atoms with E-state index >= 15 is 0 Å². The first kappa shape index (κ1) is 14.2. The number of hydrogen-bond donors (Lipinski definition) is 1. The quantitative estimate of drug-likeness (QED) is 0.516. The first-order chi connectivity index (χ1) is 8.27. The van der Waals surface area contributed by atoms with Crippen molar-refractivity contribution in [2.75, 3.05) is 26.3 Å². The highest BCUT2D eigenvalue weighted by molar-refractivity contribution is 5.00. The number of ether oxygens (including phenoxy) is 2. The summed E-state index contributed by atoms with van der Waals surface area (Å²) in [7, 11) is 1.96. The van der Waals surface area contributed by atoms with E-state index in [0.717, 1.165) is 19.5 Å². The summed E-state index contributed by atoms with van der Waals surface area (Å²) >= 11 is 0. The third-order valence-corrected chi connectivity index (χ3v) is 2.50. The van der Waals surface area contributed by atoms with Crippen LogP contribution in [0.4, 0.5) is 0 Å². The maximum atomic E-state index is 5.44. The molecule has 0 saturated heterocycles. The van der Waals surface area contributed by atoms with Gasteiger partial charge < -0.3 is 14.8 Å². The van der Waals surface area contributed by atoms with Crippen LogP contribution in [0.2, 0.25) is 0 Å². The van der Waals surface area contributed by atoms with Crippen LogP contribution >= 0.6 is 0 Å². The van der Waals surface area contributed by atoms with Gasteiger partial charge in [-0.1, -0.05) is 0 Å². The monoisotopic (exact) mass is 241 g/mol. The molecule has 0 unspecified atom stereocenters. The smallest absolute Gasteiger partial charge is 0.169 e. The van der Waals surface area contributed by atoms with Crippen LogP contribution in [0.3, 0.4) is 0 Å². The van der Waals surface area contributed by atoms with Crippen LogP contribution in [0.25, 0.3) is 0 Å². The molecule has 1 N–H and O–H groups in total. The van der Waals surface area contributed by atoms with E-state index < -0.39 is 0 Å². The minimum atomic E-state index is -0.142. The van der Waals surface area contributed by atoms with Gasteiger partial charge in [0.1, 0.15) is 0 Å². The zero-order valence-corrected chi connectivity index (χ0v) is 11.0. The van der Waals surface area contributed by atoms with Gasteiger partial charge in [0, 0.05) is 51.7 Å². The van der Waals surface area contributed by atoms with Crippen molar-refractivity contribution in [2.24, 2.45) is 7.05 Å². The minimum Gasteiger partial charge on any atom is -0.352 e. The summed E-state index contributed by atoms with van der Waals surface area (Å²) < 4.78 is 12.8. The molecule has 1 rings (SSSR count). The number of aromatic nitrogens is 2. The van der Waals surface area contributed by atoms with Gasteiger partial charge in [0.05, 0.1) is 0 Å². The Morgan fingerprint density at radius 2 is 2.06 bits per heavy atom. The summed E-state index contributed by atoms with van der Waals surface area (Å²) in [6.07, 6.45) is 2.64. The summed E-state index contributed by atoms with van der Waals surface area (Å²) in [5.41, 5.74) is 1.22. The molecule has 0 aliphatic carbocycles. The molecular weight excluding hydrogens is 218 g/mol. The zero-order chi connectivity index (χ0) is 12.5. The van der Waals surface area contributed by atoms with Crippen molar-refractivity contribution < 1.29 is 9.47 Å². The Bertz CT molecular complexity index is 296. The Morgan fingerprint density at radius 1 is 1.35 bits per heavy atom. The lowest BCUT2D eigenvalue weighted by Gasteiger charge is -2.17. The summed E-state index contributed by atoms with van der Waals surface area (Å²) in [6.45, 7) is 6.92. The normalized spacial score (nSPS) is 11.3. The molecule has 1 heterocycles. The molecule has 0 aromatic carbocycles. The molecule has 5 nitrogen and oxygen atoms in total. The van der Waals surface area contributed by atoms with Gasteiger partial charge >= 0.3 is 0 Å². The van der Waals surface area contributed by atoms with Crippen molar-refractivity contribution in [1.82, 2.24) is 15.1 Å². The second kappa shape index (κ2) is 8.22. The van der Waals surface area contributed by atoms with E-state index in [2.05, 4.69) is 10.4 Å². The highest BCUT2D eigenvalue weighted by Gasteiger charge is 2.06. The summed E-state index contributed by atoms with van der Waals surface area (Å²) in [5, 5.41) is 7.46. The standard InChI is InChI=1S/C12H23N3O2/c1-4-16-12(17-5-2)10-13-8-6-11-7-9-14-15(11)3/h7,9,12-13H,4-6,8,10H2,1-3H3. The van der Waals surface area contributed by atoms with Crippen molar-refractivity contribution in [3.63, 3.8) is 0 Å². The van der Waals surface area contributed by atoms with Crippen LogP contribution in [-0.4, -0.2) is 42.4 Å². The van der Waals surface area contributed by atoms with Gasteiger partial charge in [0.15, 0.2) is 6.29 Å². The van der Waals surface area contributed by atoms with Crippen molar-refractivity contribution >= 4 is 0 Å². The van der Waals surface area contributed by atoms with E-state index in [9.17, 15) is 0 Å². The van der Waals surface area contributed by atoms with Crippen molar-refractivity contribution in [2.45, 2.75) is 26.6 Å². The largest absolute Gasteiger partial charge is 0.352 e. The Morgan fingerprint density at radius 3 is 2.59 bits per heavy atom. The second-order valence-electron chi connectivity index (χ2n) is 3.74. The molecule has 0 radical (unpaired) electrons. The zero-order valence-electron chi connectivity index (χ0n) is 11.0. The molecule has 0 amide bonds. The molecule has 0 saturated carbocycles. The molecule has 17 heavy (non-hydrogen) atoms. The predicted molar refractivity (Wildman–Crippen MR) is 66.8 cm³/mol. The van der Waals surface area contributed by atoms with Gasteiger partial charge in [-0.2, -0.15) is 5.10 Å². The van der Waals surface area contributed by atoms with Crippen molar-refractivity contribution in [3.8, 4) is 0 Å². The topological polar surface area (TPSA) is 48.3 Å². The van der Waals surface area contributed by atoms with Crippen molar-refractivity contribution in [3.05, 3.63) is 18.0 Å². The van der Waals surface area contributed by atoms with Crippen LogP contribution in [-0.2, 0) is 22.9 Å². The first-order valence-electron chi connectivity index (χ1n) is 6.18. The SMILES string of the molecule is CCOC(CNCCc1ccnn1C)OCC. The van der Waals surface area contributed by atoms with Gasteiger partial charge in [-0.3, -0.25) is 4.68 Å². The van der Waals surface area contributed by atoms with Crippen LogP contribution in [0.1, 0.15) is 19.5 Å². The molecule has 5 heteroatoms. The van der Waals surface area contributed by atoms with Crippen molar-refractivity contribution in [1.29, 1.82) is 0 Å². The number of hydrogen-bond acceptors (Lipinski definition) is 4. The Balaban J connectivity index is 2.15. The highest BCUT2D eigenvalue weighted by Crippen LogP contribution is 1.97. The van der Waals surface area contributed by atoms with Gasteiger partial charge in [0.2, 0.25) is 0 Å². The molecule has 1 aromatic heterocycles. The van der Waals surface area contributed by atoms with Gasteiger partial charge in [-0.15, -0.1) is 0 Å². The van der Waals surface area contributed by atoms with Gasteiger partial charge in [-0.05, 0) is 19.9 Å². The minimum absolute atomic E-state index is 0.142. The van der Waals surface area contributed by atoms with E-state index in [1.54, 1.807) is 0 Å². The number of rotatable bonds is 9. The van der Waals surface area contributed by atoms with Gasteiger partial charge in [0.25, 0.3) is 0 Å². The fraction of sp³-hybridized carbons (Fsp3) is 0.750. The molecule has 0 fully saturated rings. The maximum Gasteiger partial charge on any atom is 0.169 e. The Kier molecular flexibility index (Phi) is 6.84. The number of nitrogens with one attached hydrogen (secondary N) is 1. The Labute approximate surface area is 103 Å². The maximum absolute atomic E-state index is 5.44. The van der Waals surface area contributed by atoms with Crippen LogP contribution < -0.4 is 5.32 Å². The molecule has 0 atom stereocenters. The first-order valence-corrected chi connectivity index (χ1v) is 6.18. The fourth-order valence-electron chi connectivity index (χ4n) is 1.62. The summed E-state index contributed by atoms with van der Waals surface area (Å²) in [5.74, 6) is 0. The van der Waals surface area contributed by atoms with E-state index in [-0.39, 0.29) is 6.29 Å². The highest BCUT2D eigenvalue weighted by atomic mass is 16.7. The Hall–Kier alpha value is -0.910. The lowest BCUT2D eigenvalue weighted by atomic mass is 10.3. The van der Waals surface area contributed by atoms with Crippen LogP contribution in [0, 0.1) is 0 Å². The number of nitrogens with zero attached hydrogens (tertiary/aromatic N) is 2. The number of aryl methyl sites for hydroxylation is 1. The molecule has 0 bridgehead atoms. The molecule has 0 spiro atoms. The molecule has 0 aliphatic rings. The third kappa shape index (κ3) is 5.30. The molecular formula is C12H23N3O2. The molecule has 0 aliphatic heterocycles. The molecule has 98 valence electrons. The lowest BCUT2D eigenvalue weighted by Crippen LogP contribution is -2.32. The predicted octanol–water partition coefficient (Wildman–Crippen LogP) is 0.951. The second-order valence-corrected chi connectivity index (χ2v) is 3.74. The average molecular weight is 241 g/mol.